The molecule has 1 aromatic heterocycles. The van der Waals surface area contributed by atoms with Crippen LogP contribution in [0.3, 0.4) is 0 Å². The summed E-state index contributed by atoms with van der Waals surface area (Å²) in [6.45, 7) is 9.65. The minimum absolute atomic E-state index is 0.0660. The molecule has 3 aromatic rings. The van der Waals surface area contributed by atoms with Gasteiger partial charge in [0.15, 0.2) is 0 Å². The number of fused-ring (bicyclic) bond motifs is 1. The van der Waals surface area contributed by atoms with Crippen molar-refractivity contribution < 1.29 is 9.53 Å². The Hall–Kier alpha value is -2.61. The number of hydrogen-bond donors (Lipinski definition) is 1. The summed E-state index contributed by atoms with van der Waals surface area (Å²) in [7, 11) is 0. The Morgan fingerprint density at radius 2 is 1.84 bits per heavy atom. The van der Waals surface area contributed by atoms with Crippen LogP contribution in [-0.2, 0) is 15.1 Å². The maximum absolute atomic E-state index is 12.8. The van der Waals surface area contributed by atoms with E-state index in [1.54, 1.807) is 0 Å². The van der Waals surface area contributed by atoms with E-state index in [0.717, 1.165) is 56.4 Å². The number of carbonyl (C=O) groups excluding carboxylic acids is 1. The van der Waals surface area contributed by atoms with Gasteiger partial charge in [0.25, 0.3) is 0 Å². The van der Waals surface area contributed by atoms with Gasteiger partial charge in [-0.25, -0.2) is 4.79 Å². The molecule has 0 aliphatic carbocycles. The Morgan fingerprint density at radius 3 is 2.49 bits per heavy atom. The number of carbonyl (C=O) groups is 1. The highest BCUT2D eigenvalue weighted by molar-refractivity contribution is 6.31. The molecule has 3 heterocycles. The molecule has 0 radical (unpaired) electrons. The lowest BCUT2D eigenvalue weighted by atomic mass is 9.85. The molecule has 5 rings (SSSR count). The van der Waals surface area contributed by atoms with E-state index < -0.39 is 11.0 Å². The molecule has 1 amide bonds. The number of amides is 1. The SMILES string of the molecule is CC(C)(C)C(=O)N1CCC(CCN2CCC(n3c(=O)[nH]c4cc(Cl)ccc43)CC2)(c2ccccc2)OC1. The van der Waals surface area contributed by atoms with Crippen molar-refractivity contribution >= 4 is 28.5 Å². The third-order valence-corrected chi connectivity index (χ3v) is 8.18. The first-order valence-electron chi connectivity index (χ1n) is 13.3. The molecule has 8 heteroatoms. The Labute approximate surface area is 223 Å². The number of aromatic amines is 1. The summed E-state index contributed by atoms with van der Waals surface area (Å²) < 4.78 is 8.45. The largest absolute Gasteiger partial charge is 0.350 e. The summed E-state index contributed by atoms with van der Waals surface area (Å²) in [6.07, 6.45) is 3.48. The van der Waals surface area contributed by atoms with Crippen LogP contribution in [0, 0.1) is 5.41 Å². The van der Waals surface area contributed by atoms with Crippen LogP contribution in [-0.4, -0.2) is 58.2 Å². The van der Waals surface area contributed by atoms with Gasteiger partial charge in [-0.05, 0) is 49.4 Å². The second kappa shape index (κ2) is 10.3. The quantitative estimate of drug-likeness (QED) is 0.500. The first kappa shape index (κ1) is 26.0. The summed E-state index contributed by atoms with van der Waals surface area (Å²) in [5, 5.41) is 0.624. The van der Waals surface area contributed by atoms with Crippen molar-refractivity contribution in [1.82, 2.24) is 19.4 Å². The second-order valence-electron chi connectivity index (χ2n) is 11.5. The number of piperidine rings is 1. The highest BCUT2D eigenvalue weighted by Crippen LogP contribution is 2.38. The van der Waals surface area contributed by atoms with Crippen LogP contribution in [0.25, 0.3) is 11.0 Å². The zero-order valence-corrected chi connectivity index (χ0v) is 22.8. The Morgan fingerprint density at radius 1 is 1.11 bits per heavy atom. The number of imidazole rings is 1. The fourth-order valence-corrected chi connectivity index (χ4v) is 5.98. The maximum Gasteiger partial charge on any atom is 0.326 e. The average molecular weight is 525 g/mol. The lowest BCUT2D eigenvalue weighted by Crippen LogP contribution is -2.51. The van der Waals surface area contributed by atoms with Gasteiger partial charge in [-0.15, -0.1) is 0 Å². The smallest absolute Gasteiger partial charge is 0.326 e. The number of nitrogens with one attached hydrogen (secondary N) is 1. The normalized spacial score (nSPS) is 22.0. The Balaban J connectivity index is 1.24. The third kappa shape index (κ3) is 5.35. The first-order chi connectivity index (χ1) is 17.7. The summed E-state index contributed by atoms with van der Waals surface area (Å²) >= 11 is 6.12. The van der Waals surface area contributed by atoms with Crippen molar-refractivity contribution in [1.29, 1.82) is 0 Å². The molecule has 37 heavy (non-hydrogen) atoms. The first-order valence-corrected chi connectivity index (χ1v) is 13.7. The molecule has 1 unspecified atom stereocenters. The molecule has 7 nitrogen and oxygen atoms in total. The molecule has 0 saturated carbocycles. The minimum Gasteiger partial charge on any atom is -0.350 e. The van der Waals surface area contributed by atoms with E-state index in [4.69, 9.17) is 16.3 Å². The predicted molar refractivity (Wildman–Crippen MR) is 147 cm³/mol. The summed E-state index contributed by atoms with van der Waals surface area (Å²) in [5.41, 5.74) is 2.00. The van der Waals surface area contributed by atoms with E-state index in [1.165, 1.54) is 5.56 Å². The summed E-state index contributed by atoms with van der Waals surface area (Å²) in [4.78, 5) is 32.8. The number of nitrogens with zero attached hydrogens (tertiary/aromatic N) is 3. The number of halogens is 1. The lowest BCUT2D eigenvalue weighted by molar-refractivity contribution is -0.175. The van der Waals surface area contributed by atoms with Gasteiger partial charge in [0, 0.05) is 42.7 Å². The number of rotatable bonds is 5. The van der Waals surface area contributed by atoms with Gasteiger partial charge < -0.3 is 19.5 Å². The molecule has 2 aliphatic heterocycles. The number of ether oxygens (including phenoxy) is 1. The van der Waals surface area contributed by atoms with E-state index in [-0.39, 0.29) is 17.6 Å². The predicted octanol–water partition coefficient (Wildman–Crippen LogP) is 5.16. The molecule has 2 fully saturated rings. The van der Waals surface area contributed by atoms with Gasteiger partial charge in [-0.3, -0.25) is 9.36 Å². The van der Waals surface area contributed by atoms with Crippen LogP contribution in [0.15, 0.2) is 53.3 Å². The zero-order chi connectivity index (χ0) is 26.2. The molecule has 2 aromatic carbocycles. The molecule has 2 saturated heterocycles. The topological polar surface area (TPSA) is 70.6 Å². The highest BCUT2D eigenvalue weighted by atomic mass is 35.5. The number of benzene rings is 2. The van der Waals surface area contributed by atoms with E-state index in [2.05, 4.69) is 34.1 Å². The van der Waals surface area contributed by atoms with Gasteiger partial charge in [-0.1, -0.05) is 62.7 Å². The number of hydrogen-bond acceptors (Lipinski definition) is 4. The van der Waals surface area contributed by atoms with Gasteiger partial charge in [0.2, 0.25) is 5.91 Å². The molecule has 1 N–H and O–H groups in total. The molecular weight excluding hydrogens is 488 g/mol. The molecule has 0 bridgehead atoms. The van der Waals surface area contributed by atoms with E-state index in [0.29, 0.717) is 18.3 Å². The Bertz CT molecular complexity index is 1290. The van der Waals surface area contributed by atoms with E-state index in [1.807, 2.05) is 54.5 Å². The monoisotopic (exact) mass is 524 g/mol. The number of likely N-dealkylation sites (tertiary alicyclic amines) is 1. The highest BCUT2D eigenvalue weighted by Gasteiger charge is 2.40. The van der Waals surface area contributed by atoms with Crippen LogP contribution in [0.1, 0.15) is 58.1 Å². The Kier molecular flexibility index (Phi) is 7.22. The van der Waals surface area contributed by atoms with Crippen LogP contribution in [0.5, 0.6) is 0 Å². The number of aromatic nitrogens is 2. The maximum atomic E-state index is 12.8. The lowest BCUT2D eigenvalue weighted by Gasteiger charge is -2.45. The van der Waals surface area contributed by atoms with Crippen molar-refractivity contribution in [2.75, 3.05) is 32.9 Å². The molecule has 2 aliphatic rings. The van der Waals surface area contributed by atoms with Gasteiger partial charge in [0.05, 0.1) is 16.6 Å². The standard InChI is InChI=1S/C29H37ClN4O3/c1-28(2,3)26(35)33-18-14-29(37-20-33,21-7-5-4-6-8-21)13-17-32-15-11-23(12-16-32)34-25-10-9-22(30)19-24(25)31-27(34)36/h4-10,19,23H,11-18,20H2,1-3H3,(H,31,36). The van der Waals surface area contributed by atoms with Gasteiger partial charge in [-0.2, -0.15) is 0 Å². The molecule has 198 valence electrons. The van der Waals surface area contributed by atoms with Crippen LogP contribution >= 0.6 is 11.6 Å². The van der Waals surface area contributed by atoms with Gasteiger partial charge in [0.1, 0.15) is 6.73 Å². The van der Waals surface area contributed by atoms with Crippen LogP contribution < -0.4 is 5.69 Å². The number of H-pyrrole nitrogens is 1. The zero-order valence-electron chi connectivity index (χ0n) is 22.0. The molecule has 1 atom stereocenters. The summed E-state index contributed by atoms with van der Waals surface area (Å²) in [6, 6.07) is 16.2. The van der Waals surface area contributed by atoms with Crippen molar-refractivity contribution in [2.45, 2.75) is 58.1 Å². The second-order valence-corrected chi connectivity index (χ2v) is 11.9. The van der Waals surface area contributed by atoms with Crippen LogP contribution in [0.4, 0.5) is 0 Å². The average Bonchev–Trinajstić information content (AvgIpc) is 3.22. The van der Waals surface area contributed by atoms with Crippen LogP contribution in [0.2, 0.25) is 5.02 Å². The van der Waals surface area contributed by atoms with Crippen molar-refractivity contribution in [3.63, 3.8) is 0 Å². The van der Waals surface area contributed by atoms with Crippen molar-refractivity contribution in [3.8, 4) is 0 Å². The van der Waals surface area contributed by atoms with Crippen molar-refractivity contribution in [2.24, 2.45) is 5.41 Å². The van der Waals surface area contributed by atoms with E-state index in [9.17, 15) is 9.59 Å². The fraction of sp³-hybridized carbons (Fsp3) is 0.517. The molecular formula is C29H37ClN4O3. The third-order valence-electron chi connectivity index (χ3n) is 7.94. The molecule has 0 spiro atoms. The summed E-state index contributed by atoms with van der Waals surface area (Å²) in [5.74, 6) is 0.131. The van der Waals surface area contributed by atoms with Crippen molar-refractivity contribution in [3.05, 3.63) is 69.6 Å². The fourth-order valence-electron chi connectivity index (χ4n) is 5.81. The minimum atomic E-state index is -0.417. The van der Waals surface area contributed by atoms with Gasteiger partial charge >= 0.3 is 5.69 Å². The van der Waals surface area contributed by atoms with E-state index >= 15 is 0 Å².